The van der Waals surface area contributed by atoms with Gasteiger partial charge in [0.15, 0.2) is 6.29 Å². The van der Waals surface area contributed by atoms with Gasteiger partial charge < -0.3 is 10.2 Å². The largest absolute Gasteiger partial charge is 0.364 e. The lowest BCUT2D eigenvalue weighted by atomic mass is 10.2. The van der Waals surface area contributed by atoms with Gasteiger partial charge >= 0.3 is 0 Å². The van der Waals surface area contributed by atoms with Crippen molar-refractivity contribution >= 4 is 26.5 Å². The molecule has 0 heterocycles. The molecule has 0 amide bonds. The lowest BCUT2D eigenvalue weighted by Crippen LogP contribution is -2.60. The molecule has 0 aliphatic rings. The van der Waals surface area contributed by atoms with Crippen LogP contribution in [0.1, 0.15) is 94.9 Å². The van der Waals surface area contributed by atoms with E-state index >= 15 is 0 Å². The minimum atomic E-state index is -1.90. The summed E-state index contributed by atoms with van der Waals surface area (Å²) in [5, 5.41) is 23.3. The zero-order valence-electron chi connectivity index (χ0n) is 21.2. The zero-order valence-corrected chi connectivity index (χ0v) is 23.2. The summed E-state index contributed by atoms with van der Waals surface area (Å²) in [7, 11) is -3.79. The highest BCUT2D eigenvalue weighted by atomic mass is 28.3. The van der Waals surface area contributed by atoms with E-state index in [-0.39, 0.29) is 0 Å². The SMILES string of the molecule is CC(C)[Si](c1cc(C(O)O)cc([Si](C(C)C)(C(C)C)C(C)C)c1)(C(C)C)C(C)C. The van der Waals surface area contributed by atoms with Crippen LogP contribution in [0.2, 0.25) is 33.2 Å². The molecule has 0 spiro atoms. The van der Waals surface area contributed by atoms with Gasteiger partial charge in [0.05, 0.1) is 16.1 Å². The van der Waals surface area contributed by atoms with Crippen LogP contribution in [0.3, 0.4) is 0 Å². The second-order valence-electron chi connectivity index (χ2n) is 11.0. The first-order valence-electron chi connectivity index (χ1n) is 11.7. The Morgan fingerprint density at radius 2 is 0.724 bits per heavy atom. The molecule has 2 N–H and O–H groups in total. The van der Waals surface area contributed by atoms with Crippen LogP contribution in [0.25, 0.3) is 0 Å². The number of hydrogen-bond donors (Lipinski definition) is 2. The maximum atomic E-state index is 10.2. The molecule has 4 heteroatoms. The van der Waals surface area contributed by atoms with Crippen molar-refractivity contribution in [1.29, 1.82) is 0 Å². The fourth-order valence-electron chi connectivity index (χ4n) is 7.30. The Morgan fingerprint density at radius 1 is 0.483 bits per heavy atom. The zero-order chi connectivity index (χ0) is 22.9. The molecule has 1 aromatic rings. The molecular formula is C25H48O2Si2. The summed E-state index contributed by atoms with van der Waals surface area (Å²) in [4.78, 5) is 0. The normalized spacial score (nSPS) is 14.0. The molecule has 1 rings (SSSR count). The molecule has 0 radical (unpaired) electrons. The third-order valence-electron chi connectivity index (χ3n) is 7.99. The average molecular weight is 437 g/mol. The van der Waals surface area contributed by atoms with Gasteiger partial charge in [0.2, 0.25) is 0 Å². The van der Waals surface area contributed by atoms with Crippen LogP contribution in [0.5, 0.6) is 0 Å². The molecule has 1 aromatic carbocycles. The van der Waals surface area contributed by atoms with E-state index in [9.17, 15) is 10.2 Å². The lowest BCUT2D eigenvalue weighted by molar-refractivity contribution is -0.0423. The van der Waals surface area contributed by atoms with E-state index in [0.717, 1.165) is 0 Å². The summed E-state index contributed by atoms with van der Waals surface area (Å²) in [5.41, 5.74) is 4.24. The molecule has 0 atom stereocenters. The second-order valence-corrected chi connectivity index (χ2v) is 22.8. The third-order valence-corrected chi connectivity index (χ3v) is 22.0. The molecule has 0 aliphatic carbocycles. The summed E-state index contributed by atoms with van der Waals surface area (Å²) < 4.78 is 0. The molecule has 0 fully saturated rings. The molecule has 0 saturated carbocycles. The van der Waals surface area contributed by atoms with Crippen molar-refractivity contribution in [2.24, 2.45) is 0 Å². The van der Waals surface area contributed by atoms with Crippen molar-refractivity contribution in [2.75, 3.05) is 0 Å². The third kappa shape index (κ3) is 4.46. The number of hydrogen-bond acceptors (Lipinski definition) is 2. The fourth-order valence-corrected chi connectivity index (χ4v) is 21.1. The van der Waals surface area contributed by atoms with Gasteiger partial charge in [-0.25, -0.2) is 0 Å². The summed E-state index contributed by atoms with van der Waals surface area (Å²) in [6, 6.07) is 6.81. The summed E-state index contributed by atoms with van der Waals surface area (Å²) in [6.07, 6.45) is -1.41. The van der Waals surface area contributed by atoms with Crippen molar-refractivity contribution in [3.05, 3.63) is 23.8 Å². The van der Waals surface area contributed by atoms with Gasteiger partial charge in [-0.1, -0.05) is 112 Å². The minimum Gasteiger partial charge on any atom is -0.364 e. The molecule has 0 bridgehead atoms. The maximum absolute atomic E-state index is 10.2. The topological polar surface area (TPSA) is 40.5 Å². The van der Waals surface area contributed by atoms with Crippen molar-refractivity contribution in [1.82, 2.24) is 0 Å². The van der Waals surface area contributed by atoms with Gasteiger partial charge in [0, 0.05) is 5.56 Å². The van der Waals surface area contributed by atoms with Crippen molar-refractivity contribution in [2.45, 2.75) is 123 Å². The fraction of sp³-hybridized carbons (Fsp3) is 0.760. The van der Waals surface area contributed by atoms with Crippen LogP contribution >= 0.6 is 0 Å². The number of aliphatic hydroxyl groups excluding tert-OH is 1. The molecule has 0 aliphatic heterocycles. The smallest absolute Gasteiger partial charge is 0.178 e. The number of aliphatic hydroxyl groups is 2. The van der Waals surface area contributed by atoms with E-state index in [2.05, 4.69) is 101 Å². The van der Waals surface area contributed by atoms with E-state index in [0.29, 0.717) is 38.8 Å². The highest BCUT2D eigenvalue weighted by Gasteiger charge is 2.48. The first-order valence-corrected chi connectivity index (χ1v) is 16.2. The van der Waals surface area contributed by atoms with Gasteiger partial charge in [-0.05, 0) is 33.2 Å². The summed E-state index contributed by atoms with van der Waals surface area (Å²) >= 11 is 0. The molecule has 0 saturated heterocycles. The van der Waals surface area contributed by atoms with E-state index in [1.807, 2.05) is 0 Å². The Hall–Kier alpha value is -0.426. The summed E-state index contributed by atoms with van der Waals surface area (Å²) in [6.45, 7) is 28.6. The van der Waals surface area contributed by atoms with E-state index in [1.165, 1.54) is 10.4 Å². The molecular weight excluding hydrogens is 388 g/mol. The van der Waals surface area contributed by atoms with Gasteiger partial charge in [-0.3, -0.25) is 0 Å². The van der Waals surface area contributed by atoms with Crippen LogP contribution < -0.4 is 10.4 Å². The Morgan fingerprint density at radius 3 is 0.897 bits per heavy atom. The Labute approximate surface area is 183 Å². The Balaban J connectivity index is 4.07. The van der Waals surface area contributed by atoms with E-state index in [4.69, 9.17) is 0 Å². The van der Waals surface area contributed by atoms with Gasteiger partial charge in [-0.2, -0.15) is 0 Å². The predicted molar refractivity (Wildman–Crippen MR) is 135 cm³/mol. The molecule has 2 nitrogen and oxygen atoms in total. The molecule has 168 valence electrons. The minimum absolute atomic E-state index is 0.592. The standard InChI is InChI=1S/C25H48O2Si2/c1-16(2)28(17(3)4,18(5)6)23-13-22(25(26)27)14-24(15-23)29(19(7)8,20(9)10)21(11)12/h13-21,25-27H,1-12H3. The van der Waals surface area contributed by atoms with Crippen LogP contribution in [0.15, 0.2) is 18.2 Å². The van der Waals surface area contributed by atoms with Crippen molar-refractivity contribution in [3.8, 4) is 0 Å². The van der Waals surface area contributed by atoms with Crippen molar-refractivity contribution < 1.29 is 10.2 Å². The summed E-state index contributed by atoms with van der Waals surface area (Å²) in [5.74, 6) is 0. The first-order chi connectivity index (χ1) is 13.2. The highest BCUT2D eigenvalue weighted by Crippen LogP contribution is 2.43. The van der Waals surface area contributed by atoms with E-state index < -0.39 is 22.4 Å². The quantitative estimate of drug-likeness (QED) is 0.345. The second kappa shape index (κ2) is 9.80. The maximum Gasteiger partial charge on any atom is 0.178 e. The Bertz CT molecular complexity index is 567. The first kappa shape index (κ1) is 26.6. The van der Waals surface area contributed by atoms with Crippen LogP contribution in [-0.2, 0) is 0 Å². The van der Waals surface area contributed by atoms with E-state index in [1.54, 1.807) is 0 Å². The Kier molecular flexibility index (Phi) is 8.99. The van der Waals surface area contributed by atoms with Crippen LogP contribution in [0, 0.1) is 0 Å². The lowest BCUT2D eigenvalue weighted by Gasteiger charge is -2.47. The van der Waals surface area contributed by atoms with Gasteiger partial charge in [0.1, 0.15) is 0 Å². The monoisotopic (exact) mass is 436 g/mol. The van der Waals surface area contributed by atoms with Gasteiger partial charge in [0.25, 0.3) is 0 Å². The number of rotatable bonds is 9. The van der Waals surface area contributed by atoms with Crippen molar-refractivity contribution in [3.63, 3.8) is 0 Å². The van der Waals surface area contributed by atoms with Crippen LogP contribution in [0.4, 0.5) is 0 Å². The molecule has 29 heavy (non-hydrogen) atoms. The van der Waals surface area contributed by atoms with Crippen LogP contribution in [-0.4, -0.2) is 26.4 Å². The molecule has 0 aromatic heterocycles. The predicted octanol–water partition coefficient (Wildman–Crippen LogP) is 6.44. The average Bonchev–Trinajstić information content (AvgIpc) is 2.53. The highest BCUT2D eigenvalue weighted by molar-refractivity contribution is 6.97. The number of benzene rings is 1. The molecule has 0 unspecified atom stereocenters. The van der Waals surface area contributed by atoms with Gasteiger partial charge in [-0.15, -0.1) is 0 Å².